The van der Waals surface area contributed by atoms with Gasteiger partial charge < -0.3 is 10.5 Å². The normalized spacial score (nSPS) is 12.4. The van der Waals surface area contributed by atoms with Gasteiger partial charge in [0.2, 0.25) is 0 Å². The summed E-state index contributed by atoms with van der Waals surface area (Å²) in [6.07, 6.45) is 0. The van der Waals surface area contributed by atoms with Crippen molar-refractivity contribution in [1.82, 2.24) is 0 Å². The molecule has 0 amide bonds. The Bertz CT molecular complexity index is 480. The van der Waals surface area contributed by atoms with Gasteiger partial charge in [-0.05, 0) is 64.2 Å². The second-order valence-corrected chi connectivity index (χ2v) is 6.47. The molecular formula is C13H14INOS. The maximum absolute atomic E-state index is 6.22. The third kappa shape index (κ3) is 3.20. The van der Waals surface area contributed by atoms with Gasteiger partial charge in [0, 0.05) is 0 Å². The van der Waals surface area contributed by atoms with E-state index in [4.69, 9.17) is 10.5 Å². The molecule has 0 saturated heterocycles. The van der Waals surface area contributed by atoms with E-state index in [1.807, 2.05) is 31.2 Å². The van der Waals surface area contributed by atoms with Crippen molar-refractivity contribution in [3.8, 4) is 5.75 Å². The summed E-state index contributed by atoms with van der Waals surface area (Å²) in [6, 6.07) is 10.1. The number of rotatable bonds is 4. The number of hydrogen-bond donors (Lipinski definition) is 1. The molecule has 1 aromatic carbocycles. The summed E-state index contributed by atoms with van der Waals surface area (Å²) in [7, 11) is 0. The predicted molar refractivity (Wildman–Crippen MR) is 80.7 cm³/mol. The molecule has 0 aliphatic heterocycles. The molecule has 90 valence electrons. The predicted octanol–water partition coefficient (Wildman–Crippen LogP) is 3.80. The van der Waals surface area contributed by atoms with Gasteiger partial charge in [0.1, 0.15) is 5.75 Å². The second kappa shape index (κ2) is 5.84. The van der Waals surface area contributed by atoms with Crippen molar-refractivity contribution in [2.45, 2.75) is 13.0 Å². The van der Waals surface area contributed by atoms with Crippen LogP contribution in [0, 0.1) is 2.88 Å². The molecule has 0 bridgehead atoms. The third-order valence-corrected chi connectivity index (χ3v) is 4.30. The molecule has 2 nitrogen and oxygen atoms in total. The van der Waals surface area contributed by atoms with Gasteiger partial charge in [-0.25, -0.2) is 0 Å². The monoisotopic (exact) mass is 359 g/mol. The van der Waals surface area contributed by atoms with E-state index in [9.17, 15) is 0 Å². The Hall–Kier alpha value is -0.590. The Morgan fingerprint density at radius 1 is 1.29 bits per heavy atom. The minimum absolute atomic E-state index is 0.0505. The Labute approximate surface area is 119 Å². The molecule has 0 saturated carbocycles. The SMILES string of the molecule is CCOc1ccc(C(N)c2csc(I)c2)cc1. The quantitative estimate of drug-likeness (QED) is 0.843. The molecular weight excluding hydrogens is 345 g/mol. The zero-order valence-corrected chi connectivity index (χ0v) is 12.5. The van der Waals surface area contributed by atoms with Gasteiger partial charge in [-0.2, -0.15) is 0 Å². The molecule has 2 aromatic rings. The first kappa shape index (κ1) is 12.9. The first-order valence-corrected chi connectivity index (χ1v) is 7.39. The zero-order valence-electron chi connectivity index (χ0n) is 9.52. The Morgan fingerprint density at radius 3 is 2.53 bits per heavy atom. The van der Waals surface area contributed by atoms with Gasteiger partial charge in [0.25, 0.3) is 0 Å². The maximum Gasteiger partial charge on any atom is 0.119 e. The fourth-order valence-electron chi connectivity index (χ4n) is 1.62. The van der Waals surface area contributed by atoms with Gasteiger partial charge in [-0.3, -0.25) is 0 Å². The molecule has 1 unspecified atom stereocenters. The van der Waals surface area contributed by atoms with Gasteiger partial charge in [-0.1, -0.05) is 12.1 Å². The van der Waals surface area contributed by atoms with Crippen LogP contribution >= 0.6 is 33.9 Å². The number of halogens is 1. The molecule has 1 aromatic heterocycles. The molecule has 0 spiro atoms. The molecule has 1 heterocycles. The van der Waals surface area contributed by atoms with Crippen molar-refractivity contribution in [3.05, 3.63) is 49.7 Å². The average molecular weight is 359 g/mol. The topological polar surface area (TPSA) is 35.2 Å². The van der Waals surface area contributed by atoms with E-state index in [0.717, 1.165) is 11.3 Å². The first-order valence-electron chi connectivity index (χ1n) is 5.43. The van der Waals surface area contributed by atoms with Crippen molar-refractivity contribution in [2.24, 2.45) is 5.73 Å². The summed E-state index contributed by atoms with van der Waals surface area (Å²) in [5.74, 6) is 0.892. The van der Waals surface area contributed by atoms with Crippen LogP contribution in [0.25, 0.3) is 0 Å². The highest BCUT2D eigenvalue weighted by Gasteiger charge is 2.10. The summed E-state index contributed by atoms with van der Waals surface area (Å²) in [5, 5.41) is 2.11. The fourth-order valence-corrected chi connectivity index (χ4v) is 3.03. The van der Waals surface area contributed by atoms with Gasteiger partial charge >= 0.3 is 0 Å². The number of ether oxygens (including phenoxy) is 1. The molecule has 0 aliphatic carbocycles. The van der Waals surface area contributed by atoms with E-state index in [0.29, 0.717) is 6.61 Å². The summed E-state index contributed by atoms with van der Waals surface area (Å²) in [4.78, 5) is 0. The average Bonchev–Trinajstić information content (AvgIpc) is 2.76. The molecule has 4 heteroatoms. The van der Waals surface area contributed by atoms with E-state index in [2.05, 4.69) is 34.0 Å². The molecule has 2 rings (SSSR count). The molecule has 0 aliphatic rings. The second-order valence-electron chi connectivity index (χ2n) is 3.66. The van der Waals surface area contributed by atoms with Crippen LogP contribution in [0.2, 0.25) is 0 Å². The van der Waals surface area contributed by atoms with Gasteiger partial charge in [0.05, 0.1) is 15.5 Å². The zero-order chi connectivity index (χ0) is 12.3. The van der Waals surface area contributed by atoms with E-state index >= 15 is 0 Å². The highest BCUT2D eigenvalue weighted by atomic mass is 127. The Morgan fingerprint density at radius 2 is 2.00 bits per heavy atom. The molecule has 0 fully saturated rings. The number of hydrogen-bond acceptors (Lipinski definition) is 3. The van der Waals surface area contributed by atoms with Crippen LogP contribution in [-0.4, -0.2) is 6.61 Å². The summed E-state index contributed by atoms with van der Waals surface area (Å²) in [6.45, 7) is 2.67. The van der Waals surface area contributed by atoms with Crippen LogP contribution < -0.4 is 10.5 Å². The number of nitrogens with two attached hydrogens (primary N) is 1. The highest BCUT2D eigenvalue weighted by molar-refractivity contribution is 14.1. The lowest BCUT2D eigenvalue weighted by molar-refractivity contribution is 0.340. The standard InChI is InChI=1S/C13H14INOS/c1-2-16-11-5-3-9(4-6-11)13(15)10-7-12(14)17-8-10/h3-8,13H,2,15H2,1H3. The van der Waals surface area contributed by atoms with Crippen LogP contribution in [0.5, 0.6) is 5.75 Å². The lowest BCUT2D eigenvalue weighted by atomic mass is 10.0. The van der Waals surface area contributed by atoms with Crippen molar-refractivity contribution in [1.29, 1.82) is 0 Å². The first-order chi connectivity index (χ1) is 8.20. The minimum atomic E-state index is -0.0505. The molecule has 17 heavy (non-hydrogen) atoms. The molecule has 2 N–H and O–H groups in total. The van der Waals surface area contributed by atoms with Crippen molar-refractivity contribution < 1.29 is 4.74 Å². The largest absolute Gasteiger partial charge is 0.494 e. The van der Waals surface area contributed by atoms with E-state index in [1.54, 1.807) is 11.3 Å². The van der Waals surface area contributed by atoms with Gasteiger partial charge in [0.15, 0.2) is 0 Å². The molecule has 1 atom stereocenters. The van der Waals surface area contributed by atoms with Crippen LogP contribution in [0.1, 0.15) is 24.1 Å². The maximum atomic E-state index is 6.22. The Balaban J connectivity index is 2.16. The summed E-state index contributed by atoms with van der Waals surface area (Å²) in [5.41, 5.74) is 8.50. The lowest BCUT2D eigenvalue weighted by Crippen LogP contribution is -2.10. The fraction of sp³-hybridized carbons (Fsp3) is 0.231. The highest BCUT2D eigenvalue weighted by Crippen LogP contribution is 2.26. The van der Waals surface area contributed by atoms with Crippen molar-refractivity contribution >= 4 is 33.9 Å². The molecule has 0 radical (unpaired) electrons. The van der Waals surface area contributed by atoms with Crippen molar-refractivity contribution in [3.63, 3.8) is 0 Å². The van der Waals surface area contributed by atoms with E-state index in [1.165, 1.54) is 8.45 Å². The Kier molecular flexibility index (Phi) is 4.42. The number of thiophene rings is 1. The minimum Gasteiger partial charge on any atom is -0.494 e. The lowest BCUT2D eigenvalue weighted by Gasteiger charge is -2.11. The number of benzene rings is 1. The van der Waals surface area contributed by atoms with Crippen LogP contribution in [-0.2, 0) is 0 Å². The van der Waals surface area contributed by atoms with Crippen LogP contribution in [0.4, 0.5) is 0 Å². The van der Waals surface area contributed by atoms with E-state index < -0.39 is 0 Å². The third-order valence-electron chi connectivity index (χ3n) is 2.50. The van der Waals surface area contributed by atoms with Gasteiger partial charge in [-0.15, -0.1) is 11.3 Å². The summed E-state index contributed by atoms with van der Waals surface area (Å²) < 4.78 is 6.67. The summed E-state index contributed by atoms with van der Waals surface area (Å²) >= 11 is 4.03. The van der Waals surface area contributed by atoms with Crippen LogP contribution in [0.3, 0.4) is 0 Å². The smallest absolute Gasteiger partial charge is 0.119 e. The van der Waals surface area contributed by atoms with Crippen LogP contribution in [0.15, 0.2) is 35.7 Å². The van der Waals surface area contributed by atoms with Crippen molar-refractivity contribution in [2.75, 3.05) is 6.61 Å². The van der Waals surface area contributed by atoms with E-state index in [-0.39, 0.29) is 6.04 Å².